The van der Waals surface area contributed by atoms with E-state index in [2.05, 4.69) is 92.5 Å². The van der Waals surface area contributed by atoms with Crippen LogP contribution in [0.5, 0.6) is 0 Å². The van der Waals surface area contributed by atoms with Crippen molar-refractivity contribution in [3.63, 3.8) is 0 Å². The van der Waals surface area contributed by atoms with Crippen LogP contribution in [-0.2, 0) is 0 Å². The molecule has 2 aromatic carbocycles. The van der Waals surface area contributed by atoms with Crippen LogP contribution in [0.1, 0.15) is 0 Å². The van der Waals surface area contributed by atoms with E-state index < -0.39 is 0 Å². The van der Waals surface area contributed by atoms with Crippen molar-refractivity contribution in [2.24, 2.45) is 5.41 Å². The number of halogens is 2. The molecule has 0 N–H and O–H groups in total. The summed E-state index contributed by atoms with van der Waals surface area (Å²) in [5.74, 6) is 2.25. The monoisotopic (exact) mass is 440 g/mol. The van der Waals surface area contributed by atoms with Crippen LogP contribution in [-0.4, -0.2) is 11.5 Å². The first-order valence-electron chi connectivity index (χ1n) is 6.62. The highest BCUT2D eigenvalue weighted by molar-refractivity contribution is 9.10. The Morgan fingerprint density at radius 3 is 1.38 bits per heavy atom. The molecule has 0 atom stereocenters. The summed E-state index contributed by atoms with van der Waals surface area (Å²) in [4.78, 5) is 2.67. The van der Waals surface area contributed by atoms with Crippen molar-refractivity contribution in [3.8, 4) is 0 Å². The van der Waals surface area contributed by atoms with E-state index in [1.807, 2.05) is 23.5 Å². The Labute approximate surface area is 151 Å². The first kappa shape index (κ1) is 15.7. The van der Waals surface area contributed by atoms with Gasteiger partial charge in [0, 0.05) is 35.7 Å². The van der Waals surface area contributed by atoms with Gasteiger partial charge in [-0.05, 0) is 48.5 Å². The molecule has 0 aromatic heterocycles. The zero-order valence-electron chi connectivity index (χ0n) is 11.3. The van der Waals surface area contributed by atoms with E-state index >= 15 is 0 Å². The zero-order chi connectivity index (χ0) is 14.7. The van der Waals surface area contributed by atoms with E-state index in [1.54, 1.807) is 0 Å². The van der Waals surface area contributed by atoms with Gasteiger partial charge in [0.25, 0.3) is 0 Å². The van der Waals surface area contributed by atoms with Gasteiger partial charge < -0.3 is 0 Å². The van der Waals surface area contributed by atoms with Crippen LogP contribution in [0.3, 0.4) is 0 Å². The van der Waals surface area contributed by atoms with E-state index in [0.29, 0.717) is 5.41 Å². The Morgan fingerprint density at radius 1 is 0.667 bits per heavy atom. The van der Waals surface area contributed by atoms with Gasteiger partial charge in [0.15, 0.2) is 0 Å². The molecule has 1 aliphatic carbocycles. The van der Waals surface area contributed by atoms with Gasteiger partial charge in [0.05, 0.1) is 0 Å². The average molecular weight is 442 g/mol. The van der Waals surface area contributed by atoms with Crippen molar-refractivity contribution in [3.05, 3.63) is 69.6 Å². The molecule has 0 nitrogen and oxygen atoms in total. The Morgan fingerprint density at radius 2 is 1.05 bits per heavy atom. The predicted octanol–water partition coefficient (Wildman–Crippen LogP) is 6.65. The highest BCUT2D eigenvalue weighted by Gasteiger charge is 2.33. The van der Waals surface area contributed by atoms with E-state index in [1.165, 1.54) is 9.79 Å². The largest absolute Gasteiger partial charge is 0.125 e. The predicted molar refractivity (Wildman–Crippen MR) is 101 cm³/mol. The molecule has 0 amide bonds. The van der Waals surface area contributed by atoms with Crippen molar-refractivity contribution >= 4 is 55.4 Å². The molecule has 0 heterocycles. The zero-order valence-corrected chi connectivity index (χ0v) is 16.1. The molecular formula is C17H14Br2S2. The third-order valence-corrected chi connectivity index (χ3v) is 6.91. The Bertz CT molecular complexity index is 575. The third-order valence-electron chi connectivity index (χ3n) is 3.28. The molecule has 0 fully saturated rings. The van der Waals surface area contributed by atoms with Gasteiger partial charge in [-0.2, -0.15) is 0 Å². The quantitative estimate of drug-likeness (QED) is 0.363. The smallest absolute Gasteiger partial charge is 0.0250 e. The second kappa shape index (κ2) is 6.95. The van der Waals surface area contributed by atoms with E-state index in [0.717, 1.165) is 20.5 Å². The average Bonchev–Trinajstić information content (AvgIpc) is 3.27. The molecule has 0 unspecified atom stereocenters. The second-order valence-corrected chi connectivity index (χ2v) is 8.98. The number of hydrogen-bond acceptors (Lipinski definition) is 2. The van der Waals surface area contributed by atoms with E-state index in [-0.39, 0.29) is 0 Å². The maximum absolute atomic E-state index is 3.48. The summed E-state index contributed by atoms with van der Waals surface area (Å²) < 4.78 is 2.27. The summed E-state index contributed by atoms with van der Waals surface area (Å²) in [5, 5.41) is 0. The fourth-order valence-corrected chi connectivity index (χ4v) is 4.62. The molecule has 21 heavy (non-hydrogen) atoms. The number of thioether (sulfide) groups is 2. The molecule has 1 aliphatic rings. The highest BCUT2D eigenvalue weighted by Crippen LogP contribution is 2.44. The number of allylic oxidation sites excluding steroid dienone is 2. The van der Waals surface area contributed by atoms with Crippen LogP contribution in [0.4, 0.5) is 0 Å². The van der Waals surface area contributed by atoms with Crippen LogP contribution in [0.15, 0.2) is 79.4 Å². The lowest BCUT2D eigenvalue weighted by molar-refractivity contribution is 0.762. The first-order valence-corrected chi connectivity index (χ1v) is 10.2. The highest BCUT2D eigenvalue weighted by atomic mass is 79.9. The SMILES string of the molecule is Brc1ccc(SCC2(CSc3ccc(Br)cc3)C=C2)cc1. The molecule has 2 aromatic rings. The summed E-state index contributed by atoms with van der Waals surface area (Å²) in [6.45, 7) is 0. The van der Waals surface area contributed by atoms with Crippen LogP contribution >= 0.6 is 55.4 Å². The summed E-state index contributed by atoms with van der Waals surface area (Å²) in [7, 11) is 0. The summed E-state index contributed by atoms with van der Waals surface area (Å²) in [5.41, 5.74) is 0.301. The van der Waals surface area contributed by atoms with Crippen molar-refractivity contribution < 1.29 is 0 Å². The molecular weight excluding hydrogens is 428 g/mol. The fraction of sp³-hybridized carbons (Fsp3) is 0.176. The second-order valence-electron chi connectivity index (χ2n) is 5.05. The molecule has 108 valence electrons. The Kier molecular flexibility index (Phi) is 5.20. The maximum atomic E-state index is 3.48. The number of benzene rings is 2. The molecule has 0 bridgehead atoms. The summed E-state index contributed by atoms with van der Waals surface area (Å²) >= 11 is 10.8. The molecule has 0 radical (unpaired) electrons. The van der Waals surface area contributed by atoms with Gasteiger partial charge >= 0.3 is 0 Å². The minimum Gasteiger partial charge on any atom is -0.125 e. The van der Waals surface area contributed by atoms with Gasteiger partial charge in [-0.3, -0.25) is 0 Å². The van der Waals surface area contributed by atoms with Gasteiger partial charge in [-0.15, -0.1) is 23.5 Å². The molecule has 0 aliphatic heterocycles. The molecule has 0 saturated carbocycles. The number of hydrogen-bond donors (Lipinski definition) is 0. The number of rotatable bonds is 6. The lowest BCUT2D eigenvalue weighted by atomic mass is 10.1. The minimum absolute atomic E-state index is 0.301. The lowest BCUT2D eigenvalue weighted by Gasteiger charge is -2.15. The van der Waals surface area contributed by atoms with Crippen LogP contribution < -0.4 is 0 Å². The molecule has 4 heteroatoms. The van der Waals surface area contributed by atoms with Gasteiger partial charge in [-0.25, -0.2) is 0 Å². The lowest BCUT2D eigenvalue weighted by Crippen LogP contribution is -2.09. The molecule has 3 rings (SSSR count). The molecule has 0 saturated heterocycles. The van der Waals surface area contributed by atoms with Gasteiger partial charge in [0.1, 0.15) is 0 Å². The summed E-state index contributed by atoms with van der Waals surface area (Å²) in [6, 6.07) is 17.1. The molecule has 0 spiro atoms. The van der Waals surface area contributed by atoms with Crippen molar-refractivity contribution in [2.75, 3.05) is 11.5 Å². The Balaban J connectivity index is 1.51. The minimum atomic E-state index is 0.301. The summed E-state index contributed by atoms with van der Waals surface area (Å²) in [6.07, 6.45) is 4.68. The van der Waals surface area contributed by atoms with Gasteiger partial charge in [-0.1, -0.05) is 44.0 Å². The first-order chi connectivity index (χ1) is 10.2. The van der Waals surface area contributed by atoms with E-state index in [9.17, 15) is 0 Å². The van der Waals surface area contributed by atoms with Crippen LogP contribution in [0.25, 0.3) is 0 Å². The van der Waals surface area contributed by atoms with Crippen molar-refractivity contribution in [2.45, 2.75) is 9.79 Å². The standard InChI is InChI=1S/C17H14Br2S2/c18-13-1-5-15(6-2-13)20-11-17(9-10-17)12-21-16-7-3-14(19)4-8-16/h1-10H,11-12H2. The fourth-order valence-electron chi connectivity index (χ4n) is 1.85. The third kappa shape index (κ3) is 4.65. The Hall–Kier alpha value is -0.160. The maximum Gasteiger partial charge on any atom is 0.0250 e. The van der Waals surface area contributed by atoms with E-state index in [4.69, 9.17) is 0 Å². The van der Waals surface area contributed by atoms with Crippen molar-refractivity contribution in [1.82, 2.24) is 0 Å². The van der Waals surface area contributed by atoms with Crippen LogP contribution in [0.2, 0.25) is 0 Å². The normalized spacial score (nSPS) is 15.1. The topological polar surface area (TPSA) is 0 Å². The van der Waals surface area contributed by atoms with Crippen LogP contribution in [0, 0.1) is 5.41 Å². The van der Waals surface area contributed by atoms with Crippen molar-refractivity contribution in [1.29, 1.82) is 0 Å². The van der Waals surface area contributed by atoms with Gasteiger partial charge in [0.2, 0.25) is 0 Å².